The Morgan fingerprint density at radius 1 is 1.15 bits per heavy atom. The van der Waals surface area contributed by atoms with E-state index in [0.29, 0.717) is 12.3 Å². The minimum Gasteiger partial charge on any atom is -0.491 e. The summed E-state index contributed by atoms with van der Waals surface area (Å²) in [6.45, 7) is 5.87. The Labute approximate surface area is 119 Å². The molecule has 0 N–H and O–H groups in total. The summed E-state index contributed by atoms with van der Waals surface area (Å²) in [5.41, 5.74) is 0.362. The zero-order valence-electron chi connectivity index (χ0n) is 12.3. The summed E-state index contributed by atoms with van der Waals surface area (Å²) in [4.78, 5) is 1.94. The highest BCUT2D eigenvalue weighted by Crippen LogP contribution is 2.32. The molecule has 1 aliphatic heterocycles. The minimum atomic E-state index is -0.875. The second-order valence-electron chi connectivity index (χ2n) is 5.36. The lowest BCUT2D eigenvalue weighted by atomic mass is 9.92. The van der Waals surface area contributed by atoms with Gasteiger partial charge in [-0.2, -0.15) is 4.39 Å². The van der Waals surface area contributed by atoms with E-state index in [2.05, 4.69) is 6.92 Å². The molecule has 0 spiro atoms. The van der Waals surface area contributed by atoms with E-state index in [0.717, 1.165) is 31.8 Å². The lowest BCUT2D eigenvalue weighted by Crippen LogP contribution is -2.34. The van der Waals surface area contributed by atoms with Crippen LogP contribution < -0.4 is 9.64 Å². The van der Waals surface area contributed by atoms with Crippen LogP contribution >= 0.6 is 0 Å². The van der Waals surface area contributed by atoms with Crippen molar-refractivity contribution < 1.29 is 13.5 Å². The topological polar surface area (TPSA) is 12.5 Å². The quantitative estimate of drug-likeness (QED) is 0.795. The van der Waals surface area contributed by atoms with Crippen LogP contribution in [0.2, 0.25) is 0 Å². The highest BCUT2D eigenvalue weighted by atomic mass is 19.2. The number of rotatable bonds is 5. The lowest BCUT2D eigenvalue weighted by molar-refractivity contribution is 0.313. The molecular weight excluding hydrogens is 260 g/mol. The minimum absolute atomic E-state index is 0.00498. The van der Waals surface area contributed by atoms with Gasteiger partial charge in [0.2, 0.25) is 5.82 Å². The van der Waals surface area contributed by atoms with Crippen LogP contribution in [-0.4, -0.2) is 19.7 Å². The van der Waals surface area contributed by atoms with Gasteiger partial charge in [0.1, 0.15) is 0 Å². The monoisotopic (exact) mass is 283 g/mol. The first-order chi connectivity index (χ1) is 9.67. The highest BCUT2D eigenvalue weighted by Gasteiger charge is 2.23. The van der Waals surface area contributed by atoms with Gasteiger partial charge in [-0.15, -0.1) is 0 Å². The molecule has 0 unspecified atom stereocenters. The van der Waals surface area contributed by atoms with Crippen molar-refractivity contribution in [3.05, 3.63) is 23.8 Å². The zero-order chi connectivity index (χ0) is 14.5. The summed E-state index contributed by atoms with van der Waals surface area (Å²) in [6, 6.07) is 3.15. The average Bonchev–Trinajstić information content (AvgIpc) is 2.46. The molecule has 1 saturated heterocycles. The van der Waals surface area contributed by atoms with E-state index >= 15 is 0 Å². The van der Waals surface area contributed by atoms with Crippen molar-refractivity contribution in [2.24, 2.45) is 5.92 Å². The van der Waals surface area contributed by atoms with Gasteiger partial charge in [-0.25, -0.2) is 4.39 Å². The van der Waals surface area contributed by atoms with Crippen LogP contribution in [-0.2, 0) is 0 Å². The largest absolute Gasteiger partial charge is 0.491 e. The maximum Gasteiger partial charge on any atom is 0.202 e. The average molecular weight is 283 g/mol. The SMILES string of the molecule is CCCC1CCN(c2ccc(OCC)c(F)c2F)CC1. The molecule has 1 heterocycles. The predicted molar refractivity (Wildman–Crippen MR) is 77.4 cm³/mol. The standard InChI is InChI=1S/C16H23F2NO/c1-3-5-12-8-10-19(11-9-12)13-6-7-14(20-4-2)16(18)15(13)17/h6-7,12H,3-5,8-11H2,1-2H3. The van der Waals surface area contributed by atoms with Crippen molar-refractivity contribution in [1.82, 2.24) is 0 Å². The summed E-state index contributed by atoms with van der Waals surface area (Å²) in [6.07, 6.45) is 4.54. The van der Waals surface area contributed by atoms with Crippen molar-refractivity contribution in [1.29, 1.82) is 0 Å². The van der Waals surface area contributed by atoms with Crippen molar-refractivity contribution >= 4 is 5.69 Å². The number of nitrogens with zero attached hydrogens (tertiary/aromatic N) is 1. The third-order valence-corrected chi connectivity index (χ3v) is 3.98. The van der Waals surface area contributed by atoms with Gasteiger partial charge < -0.3 is 9.64 Å². The number of hydrogen-bond acceptors (Lipinski definition) is 2. The van der Waals surface area contributed by atoms with Crippen molar-refractivity contribution in [3.8, 4) is 5.75 Å². The molecular formula is C16H23F2NO. The Morgan fingerprint density at radius 3 is 2.45 bits per heavy atom. The molecule has 2 rings (SSSR count). The summed E-state index contributed by atoms with van der Waals surface area (Å²) < 4.78 is 33.1. The fourth-order valence-electron chi connectivity index (χ4n) is 2.90. The molecule has 0 aromatic heterocycles. The van der Waals surface area contributed by atoms with Gasteiger partial charge in [0.15, 0.2) is 11.6 Å². The summed E-state index contributed by atoms with van der Waals surface area (Å²) in [5, 5.41) is 0. The van der Waals surface area contributed by atoms with E-state index in [1.165, 1.54) is 18.9 Å². The smallest absolute Gasteiger partial charge is 0.202 e. The van der Waals surface area contributed by atoms with Gasteiger partial charge in [0, 0.05) is 13.1 Å². The molecule has 2 nitrogen and oxygen atoms in total. The summed E-state index contributed by atoms with van der Waals surface area (Å²) in [7, 11) is 0. The molecule has 0 bridgehead atoms. The molecule has 1 fully saturated rings. The molecule has 0 atom stereocenters. The van der Waals surface area contributed by atoms with Crippen molar-refractivity contribution in [3.63, 3.8) is 0 Å². The van der Waals surface area contributed by atoms with Gasteiger partial charge in [0.05, 0.1) is 12.3 Å². The van der Waals surface area contributed by atoms with E-state index < -0.39 is 11.6 Å². The van der Waals surface area contributed by atoms with Crippen LogP contribution in [0.5, 0.6) is 5.75 Å². The second-order valence-corrected chi connectivity index (χ2v) is 5.36. The molecule has 0 amide bonds. The van der Waals surface area contributed by atoms with Crippen LogP contribution in [0.25, 0.3) is 0 Å². The highest BCUT2D eigenvalue weighted by molar-refractivity contribution is 5.51. The molecule has 4 heteroatoms. The number of anilines is 1. The van der Waals surface area contributed by atoms with Gasteiger partial charge in [-0.05, 0) is 37.8 Å². The first-order valence-electron chi connectivity index (χ1n) is 7.53. The van der Waals surface area contributed by atoms with E-state index in [1.807, 2.05) is 4.90 Å². The fourth-order valence-corrected chi connectivity index (χ4v) is 2.90. The lowest BCUT2D eigenvalue weighted by Gasteiger charge is -2.33. The molecule has 20 heavy (non-hydrogen) atoms. The molecule has 0 aliphatic carbocycles. The van der Waals surface area contributed by atoms with E-state index in [4.69, 9.17) is 4.74 Å². The van der Waals surface area contributed by atoms with Gasteiger partial charge in [0.25, 0.3) is 0 Å². The van der Waals surface area contributed by atoms with Gasteiger partial charge in [-0.3, -0.25) is 0 Å². The first-order valence-corrected chi connectivity index (χ1v) is 7.53. The first kappa shape index (κ1) is 15.1. The third-order valence-electron chi connectivity index (χ3n) is 3.98. The van der Waals surface area contributed by atoms with Crippen molar-refractivity contribution in [2.45, 2.75) is 39.5 Å². The van der Waals surface area contributed by atoms with Crippen molar-refractivity contribution in [2.75, 3.05) is 24.6 Å². The molecule has 0 radical (unpaired) electrons. The van der Waals surface area contributed by atoms with E-state index in [1.54, 1.807) is 13.0 Å². The maximum atomic E-state index is 14.1. The Morgan fingerprint density at radius 2 is 1.85 bits per heavy atom. The van der Waals surface area contributed by atoms with Gasteiger partial charge >= 0.3 is 0 Å². The molecule has 112 valence electrons. The van der Waals surface area contributed by atoms with Crippen LogP contribution in [0.15, 0.2) is 12.1 Å². The number of piperidine rings is 1. The zero-order valence-corrected chi connectivity index (χ0v) is 12.3. The van der Waals surface area contributed by atoms with Crippen LogP contribution in [0.1, 0.15) is 39.5 Å². The van der Waals surface area contributed by atoms with Gasteiger partial charge in [-0.1, -0.05) is 19.8 Å². The maximum absolute atomic E-state index is 14.1. The second kappa shape index (κ2) is 6.91. The number of hydrogen-bond donors (Lipinski definition) is 0. The van der Waals surface area contributed by atoms with E-state index in [-0.39, 0.29) is 5.75 Å². The molecule has 0 saturated carbocycles. The molecule has 1 aromatic carbocycles. The summed E-state index contributed by atoms with van der Waals surface area (Å²) in [5.74, 6) is -0.939. The fraction of sp³-hybridized carbons (Fsp3) is 0.625. The van der Waals surface area contributed by atoms with Crippen LogP contribution in [0.4, 0.5) is 14.5 Å². The Kier molecular flexibility index (Phi) is 5.21. The normalized spacial score (nSPS) is 16.5. The number of ether oxygens (including phenoxy) is 1. The number of halogens is 2. The van der Waals surface area contributed by atoms with Crippen LogP contribution in [0, 0.1) is 17.6 Å². The number of benzene rings is 1. The molecule has 1 aromatic rings. The van der Waals surface area contributed by atoms with E-state index in [9.17, 15) is 8.78 Å². The summed E-state index contributed by atoms with van der Waals surface area (Å²) >= 11 is 0. The Balaban J connectivity index is 2.08. The Hall–Kier alpha value is -1.32. The predicted octanol–water partition coefficient (Wildman–Crippen LogP) is 4.38. The third kappa shape index (κ3) is 3.22. The Bertz CT molecular complexity index is 442. The van der Waals surface area contributed by atoms with Crippen LogP contribution in [0.3, 0.4) is 0 Å². The molecule has 1 aliphatic rings.